The van der Waals surface area contributed by atoms with Crippen LogP contribution < -0.4 is 5.32 Å². The summed E-state index contributed by atoms with van der Waals surface area (Å²) in [4.78, 5) is 29.0. The largest absolute Gasteiger partial charge is 0.449 e. The molecule has 1 atom stereocenters. The smallest absolute Gasteiger partial charge is 0.340 e. The maximum atomic E-state index is 13.6. The first-order valence-electron chi connectivity index (χ1n) is 8.28. The van der Waals surface area contributed by atoms with E-state index in [1.165, 1.54) is 6.92 Å². The molecular formula is C20H15ClF2N2O3. The summed E-state index contributed by atoms with van der Waals surface area (Å²) in [7, 11) is 0. The summed E-state index contributed by atoms with van der Waals surface area (Å²) in [5.74, 6) is -3.08. The molecule has 1 N–H and O–H groups in total. The molecule has 0 fully saturated rings. The predicted molar refractivity (Wildman–Crippen MR) is 101 cm³/mol. The third kappa shape index (κ3) is 4.26. The highest BCUT2D eigenvalue weighted by molar-refractivity contribution is 6.31. The van der Waals surface area contributed by atoms with Gasteiger partial charge < -0.3 is 10.1 Å². The molecule has 0 saturated carbocycles. The molecule has 1 heterocycles. The normalized spacial score (nSPS) is 11.9. The second-order valence-corrected chi connectivity index (χ2v) is 6.56. The van der Waals surface area contributed by atoms with Crippen LogP contribution in [0.25, 0.3) is 10.9 Å². The van der Waals surface area contributed by atoms with Crippen molar-refractivity contribution in [2.24, 2.45) is 0 Å². The van der Waals surface area contributed by atoms with Crippen LogP contribution in [-0.4, -0.2) is 23.0 Å². The first kappa shape index (κ1) is 19.7. The zero-order valence-corrected chi connectivity index (χ0v) is 15.7. The molecule has 1 amide bonds. The Kier molecular flexibility index (Phi) is 5.56. The van der Waals surface area contributed by atoms with E-state index in [1.807, 2.05) is 0 Å². The van der Waals surface area contributed by atoms with E-state index in [4.69, 9.17) is 16.3 Å². The lowest BCUT2D eigenvalue weighted by Gasteiger charge is -2.15. The van der Waals surface area contributed by atoms with Crippen LogP contribution in [0.3, 0.4) is 0 Å². The lowest BCUT2D eigenvalue weighted by atomic mass is 10.1. The number of ether oxygens (including phenoxy) is 1. The number of aryl methyl sites for hydroxylation is 1. The Morgan fingerprint density at radius 2 is 1.89 bits per heavy atom. The molecule has 2 aromatic carbocycles. The first-order chi connectivity index (χ1) is 13.2. The van der Waals surface area contributed by atoms with Gasteiger partial charge in [-0.05, 0) is 50.2 Å². The molecule has 8 heteroatoms. The quantitative estimate of drug-likeness (QED) is 0.642. The van der Waals surface area contributed by atoms with Gasteiger partial charge >= 0.3 is 5.97 Å². The van der Waals surface area contributed by atoms with E-state index in [2.05, 4.69) is 10.3 Å². The second kappa shape index (κ2) is 7.90. The number of pyridine rings is 1. The number of amides is 1. The lowest BCUT2D eigenvalue weighted by Crippen LogP contribution is -2.30. The van der Waals surface area contributed by atoms with Crippen LogP contribution >= 0.6 is 11.6 Å². The Morgan fingerprint density at radius 1 is 1.14 bits per heavy atom. The number of hydrogen-bond donors (Lipinski definition) is 1. The van der Waals surface area contributed by atoms with Crippen LogP contribution in [-0.2, 0) is 9.53 Å². The van der Waals surface area contributed by atoms with Crippen molar-refractivity contribution in [3.63, 3.8) is 0 Å². The molecule has 3 aromatic rings. The minimum Gasteiger partial charge on any atom is -0.449 e. The van der Waals surface area contributed by atoms with Crippen molar-refractivity contribution >= 4 is 40.1 Å². The Bertz CT molecular complexity index is 1090. The van der Waals surface area contributed by atoms with Gasteiger partial charge in [0.15, 0.2) is 6.10 Å². The molecule has 1 aromatic heterocycles. The van der Waals surface area contributed by atoms with Crippen molar-refractivity contribution in [3.05, 3.63) is 70.4 Å². The predicted octanol–water partition coefficient (Wildman–Crippen LogP) is 4.66. The van der Waals surface area contributed by atoms with Gasteiger partial charge in [-0.1, -0.05) is 11.6 Å². The van der Waals surface area contributed by atoms with Crippen molar-refractivity contribution in [1.29, 1.82) is 0 Å². The van der Waals surface area contributed by atoms with Crippen molar-refractivity contribution in [3.8, 4) is 0 Å². The van der Waals surface area contributed by atoms with Crippen molar-refractivity contribution in [1.82, 2.24) is 4.98 Å². The number of nitrogens with zero attached hydrogens (tertiary/aromatic N) is 1. The van der Waals surface area contributed by atoms with Crippen LogP contribution in [0.5, 0.6) is 0 Å². The van der Waals surface area contributed by atoms with Crippen molar-refractivity contribution < 1.29 is 23.1 Å². The molecule has 0 bridgehead atoms. The molecule has 144 valence electrons. The molecule has 0 spiro atoms. The van der Waals surface area contributed by atoms with Gasteiger partial charge in [-0.3, -0.25) is 9.78 Å². The van der Waals surface area contributed by atoms with Gasteiger partial charge in [-0.2, -0.15) is 0 Å². The standard InChI is InChI=1S/C20H15ClF2N2O3/c1-10-15(8-12-7-13(21)3-6-17(12)24-10)20(27)28-11(2)19(26)25-18-9-14(22)4-5-16(18)23/h3-9,11H,1-2H3,(H,25,26). The molecule has 0 aliphatic heterocycles. The fourth-order valence-corrected chi connectivity index (χ4v) is 2.74. The molecule has 5 nitrogen and oxygen atoms in total. The highest BCUT2D eigenvalue weighted by Gasteiger charge is 2.22. The van der Waals surface area contributed by atoms with Crippen molar-refractivity contribution in [2.75, 3.05) is 5.32 Å². The minimum absolute atomic E-state index is 0.173. The number of halogens is 3. The number of aromatic nitrogens is 1. The Balaban J connectivity index is 1.76. The Hall–Kier alpha value is -3.06. The summed E-state index contributed by atoms with van der Waals surface area (Å²) in [5, 5.41) is 3.33. The summed E-state index contributed by atoms with van der Waals surface area (Å²) in [6.07, 6.45) is -1.25. The number of fused-ring (bicyclic) bond motifs is 1. The third-order valence-corrected chi connectivity index (χ3v) is 4.26. The maximum Gasteiger partial charge on any atom is 0.340 e. The van der Waals surface area contributed by atoms with E-state index in [1.54, 1.807) is 31.2 Å². The van der Waals surface area contributed by atoms with Crippen molar-refractivity contribution in [2.45, 2.75) is 20.0 Å². The van der Waals surface area contributed by atoms with E-state index in [9.17, 15) is 18.4 Å². The molecule has 1 unspecified atom stereocenters. The lowest BCUT2D eigenvalue weighted by molar-refractivity contribution is -0.123. The number of rotatable bonds is 4. The molecule has 0 radical (unpaired) electrons. The van der Waals surface area contributed by atoms with Gasteiger partial charge in [0.2, 0.25) is 0 Å². The zero-order chi connectivity index (χ0) is 20.4. The summed E-state index contributed by atoms with van der Waals surface area (Å²) in [6, 6.07) is 9.29. The fraction of sp³-hybridized carbons (Fsp3) is 0.150. The molecule has 3 rings (SSSR count). The number of esters is 1. The van der Waals surface area contributed by atoms with Gasteiger partial charge in [0.05, 0.1) is 22.5 Å². The Labute approximate surface area is 164 Å². The number of benzene rings is 2. The monoisotopic (exact) mass is 404 g/mol. The van der Waals surface area contributed by atoms with E-state index < -0.39 is 29.6 Å². The summed E-state index contributed by atoms with van der Waals surface area (Å²) < 4.78 is 32.0. The van der Waals surface area contributed by atoms with E-state index in [-0.39, 0.29) is 11.3 Å². The number of carbonyl (C=O) groups excluding carboxylic acids is 2. The van der Waals surface area contributed by atoms with Crippen LogP contribution in [0.4, 0.5) is 14.5 Å². The summed E-state index contributed by atoms with van der Waals surface area (Å²) in [6.45, 7) is 2.96. The van der Waals surface area contributed by atoms with E-state index in [0.717, 1.165) is 18.2 Å². The number of carbonyl (C=O) groups is 2. The van der Waals surface area contributed by atoms with Crippen LogP contribution in [0.1, 0.15) is 23.0 Å². The molecule has 0 saturated heterocycles. The number of hydrogen-bond acceptors (Lipinski definition) is 4. The number of nitrogens with one attached hydrogen (secondary N) is 1. The topological polar surface area (TPSA) is 68.3 Å². The molecule has 0 aliphatic carbocycles. The SMILES string of the molecule is Cc1nc2ccc(Cl)cc2cc1C(=O)OC(C)C(=O)Nc1cc(F)ccc1F. The van der Waals surface area contributed by atoms with Gasteiger partial charge in [0.25, 0.3) is 5.91 Å². The number of anilines is 1. The van der Waals surface area contributed by atoms with Gasteiger partial charge in [-0.25, -0.2) is 13.6 Å². The van der Waals surface area contributed by atoms with E-state index in [0.29, 0.717) is 21.6 Å². The zero-order valence-electron chi connectivity index (χ0n) is 14.9. The highest BCUT2D eigenvalue weighted by atomic mass is 35.5. The summed E-state index contributed by atoms with van der Waals surface area (Å²) >= 11 is 5.96. The van der Waals surface area contributed by atoms with Gasteiger partial charge in [-0.15, -0.1) is 0 Å². The second-order valence-electron chi connectivity index (χ2n) is 6.12. The van der Waals surface area contributed by atoms with Crippen LogP contribution in [0.2, 0.25) is 5.02 Å². The Morgan fingerprint density at radius 3 is 2.64 bits per heavy atom. The minimum atomic E-state index is -1.25. The average molecular weight is 405 g/mol. The third-order valence-electron chi connectivity index (χ3n) is 4.03. The first-order valence-corrected chi connectivity index (χ1v) is 8.66. The highest BCUT2D eigenvalue weighted by Crippen LogP contribution is 2.22. The molecule has 0 aliphatic rings. The molecular weight excluding hydrogens is 390 g/mol. The van der Waals surface area contributed by atoms with Gasteiger partial charge in [0.1, 0.15) is 11.6 Å². The van der Waals surface area contributed by atoms with Gasteiger partial charge in [0, 0.05) is 16.5 Å². The fourth-order valence-electron chi connectivity index (χ4n) is 2.56. The molecule has 28 heavy (non-hydrogen) atoms. The van der Waals surface area contributed by atoms with E-state index >= 15 is 0 Å². The summed E-state index contributed by atoms with van der Waals surface area (Å²) in [5.41, 5.74) is 0.909. The maximum absolute atomic E-state index is 13.6. The average Bonchev–Trinajstić information content (AvgIpc) is 2.64. The van der Waals surface area contributed by atoms with Crippen LogP contribution in [0, 0.1) is 18.6 Å². The van der Waals surface area contributed by atoms with Crippen LogP contribution in [0.15, 0.2) is 42.5 Å².